The zero-order chi connectivity index (χ0) is 11.4. The second kappa shape index (κ2) is 4.65. The third-order valence-corrected chi connectivity index (χ3v) is 2.37. The molecule has 84 valence electrons. The standard InChI is InChI=1S/C11H12N2O3/c14-8-12-6-10-7-13(11(15)16-10)9-4-2-1-3-5-9/h1-5,8,10H,6-7H2,(H,12,14). The van der Waals surface area contributed by atoms with Gasteiger partial charge in [-0.05, 0) is 12.1 Å². The van der Waals surface area contributed by atoms with E-state index in [2.05, 4.69) is 5.32 Å². The monoisotopic (exact) mass is 220 g/mol. The highest BCUT2D eigenvalue weighted by molar-refractivity contribution is 5.89. The molecule has 0 spiro atoms. The maximum absolute atomic E-state index is 11.5. The van der Waals surface area contributed by atoms with Crippen molar-refractivity contribution in [3.8, 4) is 0 Å². The van der Waals surface area contributed by atoms with Crippen LogP contribution in [0.3, 0.4) is 0 Å². The number of carbonyl (C=O) groups excluding carboxylic acids is 2. The second-order valence-corrected chi connectivity index (χ2v) is 3.48. The predicted molar refractivity (Wildman–Crippen MR) is 58.1 cm³/mol. The molecule has 0 bridgehead atoms. The van der Waals surface area contributed by atoms with Crippen LogP contribution in [0.25, 0.3) is 0 Å². The van der Waals surface area contributed by atoms with Crippen LogP contribution in [0, 0.1) is 0 Å². The van der Waals surface area contributed by atoms with Crippen LogP contribution in [-0.4, -0.2) is 31.7 Å². The molecule has 0 saturated carbocycles. The molecule has 1 aliphatic heterocycles. The number of hydrogen-bond donors (Lipinski definition) is 1. The van der Waals surface area contributed by atoms with Crippen LogP contribution in [0.1, 0.15) is 0 Å². The summed E-state index contributed by atoms with van der Waals surface area (Å²) in [4.78, 5) is 23.2. The summed E-state index contributed by atoms with van der Waals surface area (Å²) in [5, 5.41) is 2.50. The lowest BCUT2D eigenvalue weighted by atomic mass is 10.3. The van der Waals surface area contributed by atoms with Crippen molar-refractivity contribution in [2.24, 2.45) is 0 Å². The average Bonchev–Trinajstić information content (AvgIpc) is 2.69. The molecular weight excluding hydrogens is 208 g/mol. The number of ether oxygens (including phenoxy) is 1. The molecule has 1 heterocycles. The van der Waals surface area contributed by atoms with Crippen molar-refractivity contribution < 1.29 is 14.3 Å². The fraction of sp³-hybridized carbons (Fsp3) is 0.273. The lowest BCUT2D eigenvalue weighted by Crippen LogP contribution is -2.30. The van der Waals surface area contributed by atoms with Crippen LogP contribution in [0.4, 0.5) is 10.5 Å². The van der Waals surface area contributed by atoms with Crippen molar-refractivity contribution in [1.82, 2.24) is 5.32 Å². The number of para-hydroxylation sites is 1. The number of carbonyl (C=O) groups is 2. The largest absolute Gasteiger partial charge is 0.442 e. The molecule has 0 aromatic heterocycles. The maximum Gasteiger partial charge on any atom is 0.414 e. The molecule has 1 atom stereocenters. The summed E-state index contributed by atoms with van der Waals surface area (Å²) in [6.07, 6.45) is -0.0549. The minimum Gasteiger partial charge on any atom is -0.442 e. The van der Waals surface area contributed by atoms with E-state index in [9.17, 15) is 9.59 Å². The highest BCUT2D eigenvalue weighted by Gasteiger charge is 2.31. The van der Waals surface area contributed by atoms with Gasteiger partial charge in [0, 0.05) is 5.69 Å². The molecule has 1 unspecified atom stereocenters. The van der Waals surface area contributed by atoms with Gasteiger partial charge in [-0.3, -0.25) is 9.69 Å². The SMILES string of the molecule is O=CNCC1CN(c2ccccc2)C(=O)O1. The van der Waals surface area contributed by atoms with Crippen molar-refractivity contribution in [2.45, 2.75) is 6.10 Å². The van der Waals surface area contributed by atoms with Gasteiger partial charge in [-0.15, -0.1) is 0 Å². The molecule has 0 radical (unpaired) electrons. The summed E-state index contributed by atoms with van der Waals surface area (Å²) in [5.41, 5.74) is 0.807. The summed E-state index contributed by atoms with van der Waals surface area (Å²) in [5.74, 6) is 0. The molecule has 2 amide bonds. The van der Waals surface area contributed by atoms with E-state index in [4.69, 9.17) is 4.74 Å². The van der Waals surface area contributed by atoms with Gasteiger partial charge in [-0.25, -0.2) is 4.79 Å². The van der Waals surface area contributed by atoms with Crippen LogP contribution in [0.5, 0.6) is 0 Å². The van der Waals surface area contributed by atoms with Crippen LogP contribution < -0.4 is 10.2 Å². The Labute approximate surface area is 93.0 Å². The predicted octanol–water partition coefficient (Wildman–Crippen LogP) is 0.758. The van der Waals surface area contributed by atoms with Gasteiger partial charge in [0.1, 0.15) is 6.10 Å². The Balaban J connectivity index is 2.02. The lowest BCUT2D eigenvalue weighted by molar-refractivity contribution is -0.109. The van der Waals surface area contributed by atoms with Crippen LogP contribution in [0.2, 0.25) is 0 Å². The van der Waals surface area contributed by atoms with Crippen molar-refractivity contribution in [2.75, 3.05) is 18.0 Å². The summed E-state index contributed by atoms with van der Waals surface area (Å²) in [6, 6.07) is 9.29. The molecule has 1 N–H and O–H groups in total. The third-order valence-electron chi connectivity index (χ3n) is 2.37. The number of nitrogens with one attached hydrogen (secondary N) is 1. The van der Waals surface area contributed by atoms with Gasteiger partial charge in [0.15, 0.2) is 0 Å². The first-order valence-electron chi connectivity index (χ1n) is 5.01. The van der Waals surface area contributed by atoms with E-state index in [-0.39, 0.29) is 12.2 Å². The quantitative estimate of drug-likeness (QED) is 0.762. The fourth-order valence-corrected chi connectivity index (χ4v) is 1.63. The molecular formula is C11H12N2O3. The van der Waals surface area contributed by atoms with Crippen LogP contribution in [-0.2, 0) is 9.53 Å². The smallest absolute Gasteiger partial charge is 0.414 e. The molecule has 5 heteroatoms. The van der Waals surface area contributed by atoms with Crippen molar-refractivity contribution in [3.05, 3.63) is 30.3 Å². The summed E-state index contributed by atoms with van der Waals surface area (Å²) in [6.45, 7) is 0.808. The zero-order valence-electron chi connectivity index (χ0n) is 8.63. The molecule has 1 fully saturated rings. The summed E-state index contributed by atoms with van der Waals surface area (Å²) < 4.78 is 5.10. The first-order valence-corrected chi connectivity index (χ1v) is 5.01. The summed E-state index contributed by atoms with van der Waals surface area (Å²) >= 11 is 0. The normalized spacial score (nSPS) is 19.4. The first kappa shape index (κ1) is 10.5. The van der Waals surface area contributed by atoms with Crippen LogP contribution in [0.15, 0.2) is 30.3 Å². The van der Waals surface area contributed by atoms with Gasteiger partial charge in [-0.2, -0.15) is 0 Å². The number of benzene rings is 1. The Morgan fingerprint density at radius 1 is 1.44 bits per heavy atom. The highest BCUT2D eigenvalue weighted by atomic mass is 16.6. The Kier molecular flexibility index (Phi) is 3.05. The van der Waals surface area contributed by atoms with Crippen molar-refractivity contribution >= 4 is 18.2 Å². The van der Waals surface area contributed by atoms with E-state index in [1.165, 1.54) is 0 Å². The van der Waals surface area contributed by atoms with Gasteiger partial charge < -0.3 is 10.1 Å². The minimum atomic E-state index is -0.371. The Morgan fingerprint density at radius 3 is 2.88 bits per heavy atom. The van der Waals surface area contributed by atoms with E-state index in [0.29, 0.717) is 19.5 Å². The second-order valence-electron chi connectivity index (χ2n) is 3.48. The number of anilines is 1. The van der Waals surface area contributed by atoms with Gasteiger partial charge in [-0.1, -0.05) is 18.2 Å². The zero-order valence-corrected chi connectivity index (χ0v) is 8.63. The molecule has 1 aromatic carbocycles. The number of nitrogens with zero attached hydrogens (tertiary/aromatic N) is 1. The Hall–Kier alpha value is -2.04. The Morgan fingerprint density at radius 2 is 2.19 bits per heavy atom. The first-order chi connectivity index (χ1) is 7.81. The van der Waals surface area contributed by atoms with Gasteiger partial charge in [0.25, 0.3) is 0 Å². The number of amides is 2. The van der Waals surface area contributed by atoms with E-state index < -0.39 is 0 Å². The van der Waals surface area contributed by atoms with Crippen LogP contribution >= 0.6 is 0 Å². The molecule has 2 rings (SSSR count). The average molecular weight is 220 g/mol. The topological polar surface area (TPSA) is 58.6 Å². The maximum atomic E-state index is 11.5. The fourth-order valence-electron chi connectivity index (χ4n) is 1.63. The van der Waals surface area contributed by atoms with E-state index >= 15 is 0 Å². The van der Waals surface area contributed by atoms with E-state index in [1.807, 2.05) is 30.3 Å². The van der Waals surface area contributed by atoms with Crippen molar-refractivity contribution in [1.29, 1.82) is 0 Å². The van der Waals surface area contributed by atoms with Gasteiger partial charge >= 0.3 is 6.09 Å². The molecule has 0 aliphatic carbocycles. The number of rotatable bonds is 4. The number of cyclic esters (lactones) is 1. The van der Waals surface area contributed by atoms with Crippen molar-refractivity contribution in [3.63, 3.8) is 0 Å². The van der Waals surface area contributed by atoms with E-state index in [0.717, 1.165) is 5.69 Å². The van der Waals surface area contributed by atoms with Gasteiger partial charge in [0.05, 0.1) is 13.1 Å². The Bertz CT molecular complexity index is 380. The number of hydrogen-bond acceptors (Lipinski definition) is 3. The highest BCUT2D eigenvalue weighted by Crippen LogP contribution is 2.20. The van der Waals surface area contributed by atoms with E-state index in [1.54, 1.807) is 4.90 Å². The third kappa shape index (κ3) is 2.13. The molecule has 1 aromatic rings. The molecule has 1 saturated heterocycles. The minimum absolute atomic E-state index is 0.280. The lowest BCUT2D eigenvalue weighted by Gasteiger charge is -2.12. The molecule has 16 heavy (non-hydrogen) atoms. The van der Waals surface area contributed by atoms with Gasteiger partial charge in [0.2, 0.25) is 6.41 Å². The molecule has 1 aliphatic rings. The molecule has 5 nitrogen and oxygen atoms in total. The summed E-state index contributed by atoms with van der Waals surface area (Å²) in [7, 11) is 0.